The van der Waals surface area contributed by atoms with Crippen molar-refractivity contribution in [1.29, 1.82) is 0 Å². The molecule has 2 saturated heterocycles. The summed E-state index contributed by atoms with van der Waals surface area (Å²) < 4.78 is 14.1. The van der Waals surface area contributed by atoms with Crippen molar-refractivity contribution in [3.8, 4) is 0 Å². The highest BCUT2D eigenvalue weighted by Gasteiger charge is 2.54. The SMILES string of the molecule is CCc1nc(N2CC3(CN(C(=O)c4ccc5c(n4)C(C)(C)CN5c4ccc(Cl)c(F)c4)C3)C2)ccc1C(=O)O. The summed E-state index contributed by atoms with van der Waals surface area (Å²) in [5.74, 6) is -0.750. The first-order valence-corrected chi connectivity index (χ1v) is 13.4. The molecule has 3 aromatic rings. The van der Waals surface area contributed by atoms with Gasteiger partial charge in [0.15, 0.2) is 0 Å². The fourth-order valence-corrected chi connectivity index (χ4v) is 6.17. The molecule has 39 heavy (non-hydrogen) atoms. The fraction of sp³-hybridized carbons (Fsp3) is 0.379. The third kappa shape index (κ3) is 4.19. The maximum atomic E-state index is 14.1. The summed E-state index contributed by atoms with van der Waals surface area (Å²) in [5, 5.41) is 9.43. The number of nitrogens with zero attached hydrogens (tertiary/aromatic N) is 5. The number of carbonyl (C=O) groups excluding carboxylic acids is 1. The van der Waals surface area contributed by atoms with Crippen molar-refractivity contribution in [3.05, 3.63) is 75.9 Å². The van der Waals surface area contributed by atoms with E-state index >= 15 is 0 Å². The number of aromatic nitrogens is 2. The Hall–Kier alpha value is -3.72. The number of benzene rings is 1. The van der Waals surface area contributed by atoms with Crippen LogP contribution in [0.1, 0.15) is 53.0 Å². The van der Waals surface area contributed by atoms with E-state index in [9.17, 15) is 19.1 Å². The first-order chi connectivity index (χ1) is 18.5. The number of aryl methyl sites for hydroxylation is 1. The minimum absolute atomic E-state index is 0.0284. The number of hydrogen-bond donors (Lipinski definition) is 1. The number of hydrogen-bond acceptors (Lipinski definition) is 6. The van der Waals surface area contributed by atoms with Crippen molar-refractivity contribution in [1.82, 2.24) is 14.9 Å². The van der Waals surface area contributed by atoms with Crippen LogP contribution in [0.3, 0.4) is 0 Å². The zero-order chi connectivity index (χ0) is 27.7. The van der Waals surface area contributed by atoms with E-state index in [4.69, 9.17) is 16.6 Å². The monoisotopic (exact) mass is 549 g/mol. The van der Waals surface area contributed by atoms with Gasteiger partial charge in [0.05, 0.1) is 27.7 Å². The molecule has 3 aliphatic heterocycles. The molecule has 6 rings (SSSR count). The number of likely N-dealkylation sites (tertiary alicyclic amines) is 1. The van der Waals surface area contributed by atoms with Crippen molar-refractivity contribution in [2.24, 2.45) is 5.41 Å². The lowest BCUT2D eigenvalue weighted by Gasteiger charge is -2.60. The van der Waals surface area contributed by atoms with E-state index in [0.717, 1.165) is 30.3 Å². The lowest BCUT2D eigenvalue weighted by molar-refractivity contribution is -0.0111. The van der Waals surface area contributed by atoms with Crippen LogP contribution in [0.2, 0.25) is 5.02 Å². The summed E-state index contributed by atoms with van der Waals surface area (Å²) in [7, 11) is 0. The molecule has 1 spiro atoms. The number of rotatable bonds is 5. The lowest BCUT2D eigenvalue weighted by atomic mass is 9.72. The fourth-order valence-electron chi connectivity index (χ4n) is 6.05. The van der Waals surface area contributed by atoms with E-state index in [2.05, 4.69) is 23.7 Å². The zero-order valence-electron chi connectivity index (χ0n) is 22.0. The number of fused-ring (bicyclic) bond motifs is 1. The normalized spacial score (nSPS) is 18.5. The number of carbonyl (C=O) groups is 2. The van der Waals surface area contributed by atoms with Crippen LogP contribution in [0.5, 0.6) is 0 Å². The second-order valence-electron chi connectivity index (χ2n) is 11.5. The molecule has 0 unspecified atom stereocenters. The molecule has 1 N–H and O–H groups in total. The van der Waals surface area contributed by atoms with Gasteiger partial charge in [0.2, 0.25) is 0 Å². The Morgan fingerprint density at radius 3 is 2.44 bits per heavy atom. The number of halogens is 2. The van der Waals surface area contributed by atoms with E-state index in [-0.39, 0.29) is 27.3 Å². The quantitative estimate of drug-likeness (QED) is 0.483. The van der Waals surface area contributed by atoms with Crippen LogP contribution in [-0.2, 0) is 11.8 Å². The van der Waals surface area contributed by atoms with E-state index in [0.29, 0.717) is 43.1 Å². The summed E-state index contributed by atoms with van der Waals surface area (Å²) >= 11 is 5.88. The maximum Gasteiger partial charge on any atom is 0.337 e. The number of pyridine rings is 2. The third-order valence-corrected chi connectivity index (χ3v) is 8.34. The van der Waals surface area contributed by atoms with Crippen LogP contribution >= 0.6 is 11.6 Å². The second-order valence-corrected chi connectivity index (χ2v) is 11.9. The number of carboxylic acid groups (broad SMARTS) is 1. The highest BCUT2D eigenvalue weighted by atomic mass is 35.5. The van der Waals surface area contributed by atoms with Crippen LogP contribution < -0.4 is 9.80 Å². The molecule has 8 nitrogen and oxygen atoms in total. The molecule has 10 heteroatoms. The Kier molecular flexibility index (Phi) is 5.84. The smallest absolute Gasteiger partial charge is 0.337 e. The first-order valence-electron chi connectivity index (χ1n) is 13.0. The average Bonchev–Trinajstić information content (AvgIpc) is 3.13. The maximum absolute atomic E-state index is 14.1. The van der Waals surface area contributed by atoms with E-state index in [1.807, 2.05) is 22.8 Å². The van der Waals surface area contributed by atoms with Gasteiger partial charge < -0.3 is 19.8 Å². The van der Waals surface area contributed by atoms with E-state index in [1.165, 1.54) is 6.07 Å². The van der Waals surface area contributed by atoms with Crippen LogP contribution in [0, 0.1) is 11.2 Å². The summed E-state index contributed by atoms with van der Waals surface area (Å²) in [6.45, 7) is 9.49. The van der Waals surface area contributed by atoms with Gasteiger partial charge >= 0.3 is 5.97 Å². The number of carboxylic acids is 1. The number of anilines is 3. The van der Waals surface area contributed by atoms with Crippen LogP contribution in [0.4, 0.5) is 21.6 Å². The Morgan fingerprint density at radius 1 is 1.03 bits per heavy atom. The summed E-state index contributed by atoms with van der Waals surface area (Å²) in [5.41, 5.74) is 3.31. The molecule has 1 amide bonds. The average molecular weight is 550 g/mol. The second kappa shape index (κ2) is 8.91. The zero-order valence-corrected chi connectivity index (χ0v) is 22.8. The molecule has 2 aromatic heterocycles. The van der Waals surface area contributed by atoms with Gasteiger partial charge in [0.25, 0.3) is 5.91 Å². The summed E-state index contributed by atoms with van der Waals surface area (Å²) in [6.07, 6.45) is 0.551. The molecular weight excluding hydrogens is 521 g/mol. The van der Waals surface area contributed by atoms with Crippen molar-refractivity contribution >= 4 is 40.7 Å². The largest absolute Gasteiger partial charge is 0.478 e. The highest BCUT2D eigenvalue weighted by molar-refractivity contribution is 6.30. The highest BCUT2D eigenvalue weighted by Crippen LogP contribution is 2.45. The van der Waals surface area contributed by atoms with Crippen molar-refractivity contribution in [2.75, 3.05) is 42.5 Å². The first kappa shape index (κ1) is 25.6. The summed E-state index contributed by atoms with van der Waals surface area (Å²) in [4.78, 5) is 40.1. The van der Waals surface area contributed by atoms with E-state index < -0.39 is 11.8 Å². The van der Waals surface area contributed by atoms with E-state index in [1.54, 1.807) is 30.3 Å². The van der Waals surface area contributed by atoms with Crippen molar-refractivity contribution in [2.45, 2.75) is 32.6 Å². The van der Waals surface area contributed by atoms with Gasteiger partial charge in [0.1, 0.15) is 17.3 Å². The van der Waals surface area contributed by atoms with Gasteiger partial charge in [-0.15, -0.1) is 0 Å². The lowest BCUT2D eigenvalue weighted by Crippen LogP contribution is -2.73. The predicted octanol–water partition coefficient (Wildman–Crippen LogP) is 4.92. The predicted molar refractivity (Wildman–Crippen MR) is 147 cm³/mol. The Balaban J connectivity index is 1.14. The standard InChI is InChI=1S/C29H29ClFN5O3/c1-4-21-18(27(38)39)6-10-24(32-21)34-13-29(14-34)15-35(16-29)26(37)22-8-9-23-25(33-22)28(2,3)12-36(23)17-5-7-19(30)20(31)11-17/h5-11H,4,12-16H2,1-3H3,(H,38,39). The molecular formula is C29H29ClFN5O3. The van der Waals surface area contributed by atoms with Gasteiger partial charge in [-0.05, 0) is 48.9 Å². The Morgan fingerprint density at radius 2 is 1.77 bits per heavy atom. The minimum atomic E-state index is -0.964. The van der Waals surface area contributed by atoms with Gasteiger partial charge in [-0.25, -0.2) is 19.2 Å². The van der Waals surface area contributed by atoms with Gasteiger partial charge in [-0.2, -0.15) is 0 Å². The number of amides is 1. The molecule has 0 saturated carbocycles. The minimum Gasteiger partial charge on any atom is -0.478 e. The molecule has 0 atom stereocenters. The van der Waals surface area contributed by atoms with Gasteiger partial charge in [-0.1, -0.05) is 32.4 Å². The van der Waals surface area contributed by atoms with Crippen molar-refractivity contribution in [3.63, 3.8) is 0 Å². The van der Waals surface area contributed by atoms with Gasteiger partial charge in [0, 0.05) is 49.2 Å². The van der Waals surface area contributed by atoms with Crippen LogP contribution in [0.25, 0.3) is 0 Å². The molecule has 0 aliphatic carbocycles. The molecule has 1 aromatic carbocycles. The van der Waals surface area contributed by atoms with Crippen LogP contribution in [-0.4, -0.2) is 64.6 Å². The molecule has 0 radical (unpaired) electrons. The van der Waals surface area contributed by atoms with Gasteiger partial charge in [-0.3, -0.25) is 4.79 Å². The summed E-state index contributed by atoms with van der Waals surface area (Å²) in [6, 6.07) is 11.8. The molecule has 202 valence electrons. The Bertz CT molecular complexity index is 1510. The molecule has 0 bridgehead atoms. The molecule has 2 fully saturated rings. The Labute approximate surface area is 231 Å². The third-order valence-electron chi connectivity index (χ3n) is 8.03. The van der Waals surface area contributed by atoms with Crippen molar-refractivity contribution < 1.29 is 19.1 Å². The molecule has 5 heterocycles. The number of aromatic carboxylic acids is 1. The van der Waals surface area contributed by atoms with Crippen LogP contribution in [0.15, 0.2) is 42.5 Å². The molecule has 3 aliphatic rings. The topological polar surface area (TPSA) is 89.9 Å².